The Morgan fingerprint density at radius 1 is 1.14 bits per heavy atom. The molecule has 3 N–H and O–H groups in total. The zero-order valence-corrected chi connectivity index (χ0v) is 19.3. The largest absolute Gasteiger partial charge is 0.392 e. The van der Waals surface area contributed by atoms with Crippen LogP contribution < -0.4 is 15.5 Å². The van der Waals surface area contributed by atoms with Crippen molar-refractivity contribution in [3.8, 4) is 0 Å². The fourth-order valence-electron chi connectivity index (χ4n) is 3.85. The normalized spacial score (nSPS) is 15.7. The number of fused-ring (bicyclic) bond motifs is 1. The molecule has 1 aliphatic heterocycles. The van der Waals surface area contributed by atoms with Gasteiger partial charge in [-0.05, 0) is 26.0 Å². The molecule has 35 heavy (non-hydrogen) atoms. The Morgan fingerprint density at radius 3 is 2.49 bits per heavy atom. The Morgan fingerprint density at radius 2 is 1.83 bits per heavy atom. The first-order valence-corrected chi connectivity index (χ1v) is 11.2. The number of benzene rings is 2. The molecule has 4 rings (SSSR count). The number of rotatable bonds is 7. The van der Waals surface area contributed by atoms with Crippen molar-refractivity contribution in [2.24, 2.45) is 0 Å². The molecule has 11 heteroatoms. The Labute approximate surface area is 200 Å². The van der Waals surface area contributed by atoms with E-state index in [-0.39, 0.29) is 17.8 Å². The Kier molecular flexibility index (Phi) is 7.37. The highest BCUT2D eigenvalue weighted by atomic mass is 19.2. The molecule has 1 fully saturated rings. The summed E-state index contributed by atoms with van der Waals surface area (Å²) in [5.74, 6) is -3.96. The summed E-state index contributed by atoms with van der Waals surface area (Å²) in [6.45, 7) is 5.78. The lowest BCUT2D eigenvalue weighted by Crippen LogP contribution is -2.36. The van der Waals surface area contributed by atoms with Crippen LogP contribution in [-0.2, 0) is 4.74 Å². The van der Waals surface area contributed by atoms with E-state index in [9.17, 15) is 23.1 Å². The number of morpholine rings is 1. The van der Waals surface area contributed by atoms with Gasteiger partial charge in [0.1, 0.15) is 5.82 Å². The van der Waals surface area contributed by atoms with Gasteiger partial charge in [0.25, 0.3) is 5.91 Å². The third-order valence-electron chi connectivity index (χ3n) is 5.65. The van der Waals surface area contributed by atoms with Crippen molar-refractivity contribution in [1.82, 2.24) is 15.3 Å². The molecule has 1 aliphatic rings. The van der Waals surface area contributed by atoms with Gasteiger partial charge >= 0.3 is 0 Å². The molecule has 186 valence electrons. The van der Waals surface area contributed by atoms with E-state index in [4.69, 9.17) is 9.72 Å². The minimum absolute atomic E-state index is 0.0308. The average Bonchev–Trinajstić information content (AvgIpc) is 2.85. The summed E-state index contributed by atoms with van der Waals surface area (Å²) in [7, 11) is 0. The number of carbonyl (C=O) groups is 1. The summed E-state index contributed by atoms with van der Waals surface area (Å²) < 4.78 is 46.3. The van der Waals surface area contributed by atoms with Gasteiger partial charge in [-0.2, -0.15) is 0 Å². The maximum Gasteiger partial charge on any atom is 0.251 e. The van der Waals surface area contributed by atoms with E-state index >= 15 is 0 Å². The summed E-state index contributed by atoms with van der Waals surface area (Å²) in [6, 6.07) is 4.35. The third-order valence-corrected chi connectivity index (χ3v) is 5.65. The molecule has 3 aromatic rings. The molecule has 2 heterocycles. The molecule has 0 radical (unpaired) electrons. The number of carbonyl (C=O) groups excluding carboxylic acids is 1. The van der Waals surface area contributed by atoms with E-state index < -0.39 is 35.5 Å². The summed E-state index contributed by atoms with van der Waals surface area (Å²) in [6.07, 6.45) is 0.899. The molecule has 1 saturated heterocycles. The van der Waals surface area contributed by atoms with E-state index in [1.165, 1.54) is 0 Å². The Hall–Kier alpha value is -3.44. The first-order valence-electron chi connectivity index (χ1n) is 11.2. The molecule has 8 nitrogen and oxygen atoms in total. The summed E-state index contributed by atoms with van der Waals surface area (Å²) in [4.78, 5) is 24.0. The second-order valence-corrected chi connectivity index (χ2v) is 8.44. The second-order valence-electron chi connectivity index (χ2n) is 8.44. The number of nitrogens with zero attached hydrogens (tertiary/aromatic N) is 3. The highest BCUT2D eigenvalue weighted by Crippen LogP contribution is 2.29. The minimum Gasteiger partial charge on any atom is -0.392 e. The van der Waals surface area contributed by atoms with Crippen LogP contribution in [0.5, 0.6) is 0 Å². The van der Waals surface area contributed by atoms with Gasteiger partial charge in [0.2, 0.25) is 0 Å². The SMILES string of the molecule is CC(Nc1cc(F)c(F)c(F)c1)c1cc(C(=O)NC[C@@H](C)O)cc2ncc(N3CCOCC3)nc12. The fraction of sp³-hybridized carbons (Fsp3) is 0.375. The lowest BCUT2D eigenvalue weighted by molar-refractivity contribution is 0.0924. The highest BCUT2D eigenvalue weighted by molar-refractivity contribution is 5.98. The standard InChI is InChI=1S/C24H26F3N5O3/c1-13(33)11-29-24(34)15-7-17(14(2)30-16-9-18(25)22(27)19(26)10-16)23-20(8-15)28-12-21(31-23)32-3-5-35-6-4-32/h7-10,12-14,30,33H,3-6,11H2,1-2H3,(H,29,34)/t13-,14?/m1/s1. The van der Waals surface area contributed by atoms with Crippen molar-refractivity contribution >= 4 is 28.4 Å². The number of nitrogens with one attached hydrogen (secondary N) is 2. The van der Waals surface area contributed by atoms with Crippen molar-refractivity contribution in [3.63, 3.8) is 0 Å². The van der Waals surface area contributed by atoms with Crippen molar-refractivity contribution < 1.29 is 27.8 Å². The molecule has 0 spiro atoms. The molecular weight excluding hydrogens is 463 g/mol. The van der Waals surface area contributed by atoms with E-state index in [0.717, 1.165) is 12.1 Å². The average molecular weight is 489 g/mol. The Balaban J connectivity index is 1.74. The van der Waals surface area contributed by atoms with E-state index in [2.05, 4.69) is 15.6 Å². The van der Waals surface area contributed by atoms with E-state index in [1.54, 1.807) is 32.2 Å². The van der Waals surface area contributed by atoms with Gasteiger partial charge in [-0.1, -0.05) is 0 Å². The van der Waals surface area contributed by atoms with E-state index in [0.29, 0.717) is 48.7 Å². The van der Waals surface area contributed by atoms with Crippen LogP contribution >= 0.6 is 0 Å². The topological polar surface area (TPSA) is 99.6 Å². The number of aliphatic hydroxyl groups excluding tert-OH is 1. The number of hydrogen-bond acceptors (Lipinski definition) is 7. The van der Waals surface area contributed by atoms with Crippen molar-refractivity contribution in [1.29, 1.82) is 0 Å². The number of aromatic nitrogens is 2. The zero-order valence-electron chi connectivity index (χ0n) is 19.3. The lowest BCUT2D eigenvalue weighted by atomic mass is 10.0. The van der Waals surface area contributed by atoms with Crippen LogP contribution in [0.25, 0.3) is 11.0 Å². The molecule has 0 aliphatic carbocycles. The number of amides is 1. The smallest absolute Gasteiger partial charge is 0.251 e. The second kappa shape index (κ2) is 10.4. The summed E-state index contributed by atoms with van der Waals surface area (Å²) in [5.41, 5.74) is 1.82. The molecule has 1 aromatic heterocycles. The van der Waals surface area contributed by atoms with Crippen molar-refractivity contribution in [2.45, 2.75) is 26.0 Å². The van der Waals surface area contributed by atoms with Gasteiger partial charge in [-0.3, -0.25) is 9.78 Å². The maximum absolute atomic E-state index is 13.8. The molecular formula is C24H26F3N5O3. The van der Waals surface area contributed by atoms with E-state index in [1.807, 2.05) is 4.90 Å². The lowest BCUT2D eigenvalue weighted by Gasteiger charge is -2.28. The number of halogens is 3. The van der Waals surface area contributed by atoms with Crippen LogP contribution in [0.15, 0.2) is 30.5 Å². The van der Waals surface area contributed by atoms with Crippen LogP contribution in [-0.4, -0.2) is 59.9 Å². The summed E-state index contributed by atoms with van der Waals surface area (Å²) in [5, 5.41) is 15.1. The van der Waals surface area contributed by atoms with Crippen molar-refractivity contribution in [3.05, 3.63) is 59.0 Å². The quantitative estimate of drug-likeness (QED) is 0.439. The van der Waals surface area contributed by atoms with Crippen LogP contribution in [0.3, 0.4) is 0 Å². The molecule has 2 atom stereocenters. The predicted octanol–water partition coefficient (Wildman–Crippen LogP) is 3.17. The van der Waals surface area contributed by atoms with Crippen LogP contribution in [0.4, 0.5) is 24.7 Å². The van der Waals surface area contributed by atoms with Gasteiger partial charge < -0.3 is 25.4 Å². The molecule has 1 unspecified atom stereocenters. The highest BCUT2D eigenvalue weighted by Gasteiger charge is 2.20. The van der Waals surface area contributed by atoms with Crippen LogP contribution in [0, 0.1) is 17.5 Å². The van der Waals surface area contributed by atoms with Gasteiger partial charge in [0, 0.05) is 48.6 Å². The summed E-state index contributed by atoms with van der Waals surface area (Å²) >= 11 is 0. The van der Waals surface area contributed by atoms with Gasteiger partial charge in [-0.15, -0.1) is 0 Å². The molecule has 1 amide bonds. The van der Waals surface area contributed by atoms with Crippen molar-refractivity contribution in [2.75, 3.05) is 43.1 Å². The molecule has 0 saturated carbocycles. The monoisotopic (exact) mass is 489 g/mol. The molecule has 2 aromatic carbocycles. The van der Waals surface area contributed by atoms with Crippen LogP contribution in [0.2, 0.25) is 0 Å². The first-order chi connectivity index (χ1) is 16.7. The van der Waals surface area contributed by atoms with Gasteiger partial charge in [0.15, 0.2) is 17.5 Å². The van der Waals surface area contributed by atoms with Crippen LogP contribution in [0.1, 0.15) is 35.8 Å². The van der Waals surface area contributed by atoms with Gasteiger partial charge in [-0.25, -0.2) is 18.2 Å². The first kappa shape index (κ1) is 24.7. The van der Waals surface area contributed by atoms with Gasteiger partial charge in [0.05, 0.1) is 42.6 Å². The fourth-order valence-corrected chi connectivity index (χ4v) is 3.85. The zero-order chi connectivity index (χ0) is 25.1. The number of anilines is 2. The minimum atomic E-state index is -1.55. The number of hydrogen-bond donors (Lipinski definition) is 3. The third kappa shape index (κ3) is 5.63. The predicted molar refractivity (Wildman–Crippen MR) is 125 cm³/mol. The maximum atomic E-state index is 13.8. The number of aliphatic hydroxyl groups is 1. The molecule has 0 bridgehead atoms. The Bertz CT molecular complexity index is 1210. The number of ether oxygens (including phenoxy) is 1.